The van der Waals surface area contributed by atoms with Crippen LogP contribution in [0.3, 0.4) is 0 Å². The molecule has 1 unspecified atom stereocenters. The minimum atomic E-state index is -1.45. The second kappa shape index (κ2) is 11.4. The second-order valence-electron chi connectivity index (χ2n) is 7.08. The highest BCUT2D eigenvalue weighted by Gasteiger charge is 2.29. The number of rotatable bonds is 7. The van der Waals surface area contributed by atoms with Crippen LogP contribution in [0.25, 0.3) is 0 Å². The molecule has 35 heavy (non-hydrogen) atoms. The first-order valence-electron chi connectivity index (χ1n) is 10.00. The number of nitrogens with zero attached hydrogens (tertiary/aromatic N) is 1. The van der Waals surface area contributed by atoms with Crippen molar-refractivity contribution in [1.82, 2.24) is 10.2 Å². The Balaban J connectivity index is 2.43. The van der Waals surface area contributed by atoms with Crippen molar-refractivity contribution in [2.24, 2.45) is 0 Å². The van der Waals surface area contributed by atoms with Crippen molar-refractivity contribution >= 4 is 35.8 Å². The summed E-state index contributed by atoms with van der Waals surface area (Å²) in [7, 11) is 1.08. The predicted octanol–water partition coefficient (Wildman–Crippen LogP) is 2.07. The summed E-state index contributed by atoms with van der Waals surface area (Å²) in [4.78, 5) is 72.5. The molecule has 0 spiro atoms. The van der Waals surface area contributed by atoms with Gasteiger partial charge in [-0.25, -0.2) is 9.59 Å². The lowest BCUT2D eigenvalue weighted by Gasteiger charge is -2.21. The Bertz CT molecular complexity index is 1140. The molecule has 3 amide bonds. The molecule has 12 heteroatoms. The van der Waals surface area contributed by atoms with Gasteiger partial charge < -0.3 is 24.6 Å². The number of carboxylic acid groups (broad SMARTS) is 1. The third-order valence-corrected chi connectivity index (χ3v) is 4.28. The number of esters is 3. The van der Waals surface area contributed by atoms with Crippen LogP contribution in [-0.2, 0) is 19.2 Å². The highest BCUT2D eigenvalue weighted by molar-refractivity contribution is 6.05. The van der Waals surface area contributed by atoms with Crippen LogP contribution in [0.15, 0.2) is 42.5 Å². The normalized spacial score (nSPS) is 11.0. The zero-order chi connectivity index (χ0) is 26.3. The Kier molecular flexibility index (Phi) is 8.64. The molecule has 2 aromatic carbocycles. The van der Waals surface area contributed by atoms with E-state index in [4.69, 9.17) is 14.2 Å². The lowest BCUT2D eigenvalue weighted by molar-refractivity contribution is -0.139. The van der Waals surface area contributed by atoms with Crippen LogP contribution in [-0.4, -0.2) is 52.9 Å². The molecule has 0 bridgehead atoms. The summed E-state index contributed by atoms with van der Waals surface area (Å²) in [6.45, 7) is 3.15. The van der Waals surface area contributed by atoms with E-state index in [0.29, 0.717) is 4.90 Å². The van der Waals surface area contributed by atoms with Crippen molar-refractivity contribution in [3.8, 4) is 17.2 Å². The number of carbonyl (C=O) groups excluding carboxylic acids is 5. The lowest BCUT2D eigenvalue weighted by Crippen LogP contribution is -2.44. The van der Waals surface area contributed by atoms with E-state index in [-0.39, 0.29) is 11.1 Å². The van der Waals surface area contributed by atoms with E-state index in [0.717, 1.165) is 40.0 Å². The van der Waals surface area contributed by atoms with Gasteiger partial charge in [-0.1, -0.05) is 30.3 Å². The fraction of sp³-hybridized carbons (Fsp3) is 0.217. The molecule has 1 atom stereocenters. The van der Waals surface area contributed by atoms with Gasteiger partial charge in [0.25, 0.3) is 5.91 Å². The van der Waals surface area contributed by atoms with Gasteiger partial charge >= 0.3 is 29.9 Å². The van der Waals surface area contributed by atoms with Crippen molar-refractivity contribution in [2.75, 3.05) is 7.05 Å². The number of hydrogen-bond acceptors (Lipinski definition) is 9. The summed E-state index contributed by atoms with van der Waals surface area (Å²) in [5, 5.41) is 11.7. The molecular weight excluding hydrogens is 464 g/mol. The molecule has 2 rings (SSSR count). The number of hydrogen-bond donors (Lipinski definition) is 2. The Morgan fingerprint density at radius 1 is 0.829 bits per heavy atom. The molecule has 0 aliphatic rings. The highest BCUT2D eigenvalue weighted by Crippen LogP contribution is 2.39. The van der Waals surface area contributed by atoms with Gasteiger partial charge in [-0.3, -0.25) is 24.1 Å². The van der Waals surface area contributed by atoms with Crippen LogP contribution in [0.4, 0.5) is 4.79 Å². The zero-order valence-corrected chi connectivity index (χ0v) is 19.2. The van der Waals surface area contributed by atoms with Gasteiger partial charge in [0.2, 0.25) is 5.75 Å². The second-order valence-corrected chi connectivity index (χ2v) is 7.08. The van der Waals surface area contributed by atoms with Crippen LogP contribution in [0, 0.1) is 0 Å². The first kappa shape index (κ1) is 26.5. The number of ether oxygens (including phenoxy) is 3. The molecule has 0 saturated heterocycles. The predicted molar refractivity (Wildman–Crippen MR) is 118 cm³/mol. The van der Waals surface area contributed by atoms with Gasteiger partial charge in [-0.2, -0.15) is 0 Å². The number of carbonyl (C=O) groups is 6. The van der Waals surface area contributed by atoms with Crippen molar-refractivity contribution in [2.45, 2.75) is 26.8 Å². The van der Waals surface area contributed by atoms with Crippen molar-refractivity contribution in [3.63, 3.8) is 0 Å². The maximum atomic E-state index is 13.0. The fourth-order valence-electron chi connectivity index (χ4n) is 2.85. The summed E-state index contributed by atoms with van der Waals surface area (Å²) in [6.07, 6.45) is 0. The number of nitrogens with one attached hydrogen (secondary N) is 1. The SMILES string of the molecule is CC(=O)Oc1cc(C(=O)N(C)C(=O)NC(C(=O)O)c2ccccc2)cc(OC(C)=O)c1OC(C)=O. The largest absolute Gasteiger partial charge is 0.479 e. The van der Waals surface area contributed by atoms with Crippen LogP contribution in [0.2, 0.25) is 0 Å². The highest BCUT2D eigenvalue weighted by atomic mass is 16.6. The lowest BCUT2D eigenvalue weighted by atomic mass is 10.1. The van der Waals surface area contributed by atoms with Crippen LogP contribution < -0.4 is 19.5 Å². The van der Waals surface area contributed by atoms with Gasteiger partial charge in [0.15, 0.2) is 17.5 Å². The Hall–Kier alpha value is -4.74. The molecule has 0 saturated carbocycles. The van der Waals surface area contributed by atoms with Crippen molar-refractivity contribution in [3.05, 3.63) is 53.6 Å². The Morgan fingerprint density at radius 3 is 1.74 bits per heavy atom. The average Bonchev–Trinajstić information content (AvgIpc) is 2.77. The third kappa shape index (κ3) is 7.12. The zero-order valence-electron chi connectivity index (χ0n) is 19.2. The number of benzene rings is 2. The van der Waals surface area contributed by atoms with Gasteiger partial charge in [-0.15, -0.1) is 0 Å². The van der Waals surface area contributed by atoms with Gasteiger partial charge in [0.1, 0.15) is 0 Å². The summed E-state index contributed by atoms with van der Waals surface area (Å²) < 4.78 is 15.0. The van der Waals surface area contributed by atoms with E-state index in [1.54, 1.807) is 18.2 Å². The number of amides is 3. The maximum absolute atomic E-state index is 13.0. The molecule has 2 N–H and O–H groups in total. The molecule has 0 aliphatic heterocycles. The molecule has 0 radical (unpaired) electrons. The minimum absolute atomic E-state index is 0.272. The van der Waals surface area contributed by atoms with Crippen LogP contribution >= 0.6 is 0 Å². The standard InChI is InChI=1S/C23H22N2O10/c1-12(26)33-17-10-16(11-18(34-13(2)27)20(17)35-14(3)28)21(29)25(4)23(32)24-19(22(30)31)15-8-6-5-7-9-15/h5-11,19H,1-4H3,(H,24,32)(H,30,31). The maximum Gasteiger partial charge on any atom is 0.330 e. The molecule has 0 aromatic heterocycles. The minimum Gasteiger partial charge on any atom is -0.479 e. The quantitative estimate of drug-likeness (QED) is 0.437. The topological polar surface area (TPSA) is 166 Å². The molecular formula is C23H22N2O10. The van der Waals surface area contributed by atoms with Gasteiger partial charge in [0, 0.05) is 33.4 Å². The van der Waals surface area contributed by atoms with Crippen LogP contribution in [0.1, 0.15) is 42.7 Å². The van der Waals surface area contributed by atoms with Crippen LogP contribution in [0.5, 0.6) is 17.2 Å². The van der Waals surface area contributed by atoms with Crippen molar-refractivity contribution in [1.29, 1.82) is 0 Å². The van der Waals surface area contributed by atoms with E-state index in [1.807, 2.05) is 0 Å². The molecule has 0 aliphatic carbocycles. The molecule has 184 valence electrons. The molecule has 2 aromatic rings. The summed E-state index contributed by atoms with van der Waals surface area (Å²) in [5.41, 5.74) is -0.0214. The van der Waals surface area contributed by atoms with E-state index >= 15 is 0 Å². The monoisotopic (exact) mass is 486 g/mol. The number of carboxylic acids is 1. The summed E-state index contributed by atoms with van der Waals surface area (Å²) in [6, 6.07) is 7.33. The number of urea groups is 1. The third-order valence-electron chi connectivity index (χ3n) is 4.28. The van der Waals surface area contributed by atoms with E-state index in [9.17, 15) is 33.9 Å². The molecule has 0 fully saturated rings. The first-order valence-corrected chi connectivity index (χ1v) is 10.00. The van der Waals surface area contributed by atoms with E-state index in [2.05, 4.69) is 5.32 Å². The fourth-order valence-corrected chi connectivity index (χ4v) is 2.85. The van der Waals surface area contributed by atoms with E-state index < -0.39 is 59.1 Å². The molecule has 0 heterocycles. The number of imide groups is 1. The van der Waals surface area contributed by atoms with Crippen molar-refractivity contribution < 1.29 is 48.1 Å². The first-order chi connectivity index (χ1) is 16.4. The van der Waals surface area contributed by atoms with Gasteiger partial charge in [-0.05, 0) is 17.7 Å². The summed E-state index contributed by atoms with van der Waals surface area (Å²) in [5.74, 6) is -6.11. The Morgan fingerprint density at radius 2 is 1.31 bits per heavy atom. The number of aliphatic carboxylic acids is 1. The summed E-state index contributed by atoms with van der Waals surface area (Å²) >= 11 is 0. The smallest absolute Gasteiger partial charge is 0.330 e. The molecule has 12 nitrogen and oxygen atoms in total. The van der Waals surface area contributed by atoms with E-state index in [1.165, 1.54) is 12.1 Å². The Labute approximate surface area is 199 Å². The average molecular weight is 486 g/mol. The van der Waals surface area contributed by atoms with Gasteiger partial charge in [0.05, 0.1) is 0 Å².